The summed E-state index contributed by atoms with van der Waals surface area (Å²) in [7, 11) is 0. The van der Waals surface area contributed by atoms with E-state index < -0.39 is 0 Å². The van der Waals surface area contributed by atoms with E-state index in [1.54, 1.807) is 10.9 Å². The molecule has 1 saturated heterocycles. The molecule has 164 valence electrons. The molecule has 0 saturated carbocycles. The standard InChI is InChI=1S/C24H22ClN3O3S/c25-18-3-1-17(2-4-18)22-15-21-23(32-22)24(29)28(16-26-21)19-5-7-20(8-6-19)31-14-11-27-9-12-30-13-10-27/h1-8,15-16H,9-14H2. The van der Waals surface area contributed by atoms with Crippen molar-refractivity contribution in [3.63, 3.8) is 0 Å². The van der Waals surface area contributed by atoms with Gasteiger partial charge in [0.15, 0.2) is 0 Å². The average molecular weight is 468 g/mol. The van der Waals surface area contributed by atoms with Crippen molar-refractivity contribution >= 4 is 33.2 Å². The molecule has 0 N–H and O–H groups in total. The molecule has 1 aliphatic rings. The number of aromatic nitrogens is 2. The highest BCUT2D eigenvalue weighted by Crippen LogP contribution is 2.31. The van der Waals surface area contributed by atoms with Crippen LogP contribution in [0.15, 0.2) is 65.7 Å². The molecule has 2 aromatic heterocycles. The van der Waals surface area contributed by atoms with Crippen LogP contribution in [-0.4, -0.2) is 53.9 Å². The van der Waals surface area contributed by atoms with Gasteiger partial charge >= 0.3 is 0 Å². The predicted octanol–water partition coefficient (Wildman–Crippen LogP) is 4.48. The van der Waals surface area contributed by atoms with Crippen LogP contribution in [0, 0.1) is 0 Å². The average Bonchev–Trinajstić information content (AvgIpc) is 3.27. The molecule has 32 heavy (non-hydrogen) atoms. The lowest BCUT2D eigenvalue weighted by atomic mass is 10.2. The number of halogens is 1. The molecule has 4 aromatic rings. The van der Waals surface area contributed by atoms with Crippen LogP contribution in [0.25, 0.3) is 26.3 Å². The van der Waals surface area contributed by atoms with Crippen molar-refractivity contribution in [1.29, 1.82) is 0 Å². The fourth-order valence-corrected chi connectivity index (χ4v) is 4.85. The largest absolute Gasteiger partial charge is 0.492 e. The lowest BCUT2D eigenvalue weighted by molar-refractivity contribution is 0.0322. The van der Waals surface area contributed by atoms with Gasteiger partial charge in [-0.05, 0) is 48.0 Å². The second kappa shape index (κ2) is 9.42. The quantitative estimate of drug-likeness (QED) is 0.418. The van der Waals surface area contributed by atoms with Crippen LogP contribution < -0.4 is 10.3 Å². The van der Waals surface area contributed by atoms with E-state index in [9.17, 15) is 4.79 Å². The van der Waals surface area contributed by atoms with Crippen molar-refractivity contribution < 1.29 is 9.47 Å². The van der Waals surface area contributed by atoms with Gasteiger partial charge in [-0.3, -0.25) is 14.3 Å². The van der Waals surface area contributed by atoms with Crippen LogP contribution in [0.2, 0.25) is 5.02 Å². The molecule has 0 radical (unpaired) electrons. The SMILES string of the molecule is O=c1c2sc(-c3ccc(Cl)cc3)cc2ncn1-c1ccc(OCCN2CCOCC2)cc1. The van der Waals surface area contributed by atoms with Gasteiger partial charge in [-0.25, -0.2) is 4.98 Å². The van der Waals surface area contributed by atoms with E-state index in [4.69, 9.17) is 21.1 Å². The molecular weight excluding hydrogens is 446 g/mol. The Morgan fingerprint density at radius 2 is 1.81 bits per heavy atom. The first-order valence-corrected chi connectivity index (χ1v) is 11.7. The van der Waals surface area contributed by atoms with Gasteiger partial charge in [-0.15, -0.1) is 11.3 Å². The smallest absolute Gasteiger partial charge is 0.275 e. The maximum absolute atomic E-state index is 13.1. The van der Waals surface area contributed by atoms with Crippen LogP contribution in [0.1, 0.15) is 0 Å². The van der Waals surface area contributed by atoms with Gasteiger partial charge in [0, 0.05) is 29.5 Å². The maximum atomic E-state index is 13.1. The van der Waals surface area contributed by atoms with E-state index in [2.05, 4.69) is 9.88 Å². The van der Waals surface area contributed by atoms with Crippen LogP contribution >= 0.6 is 22.9 Å². The monoisotopic (exact) mass is 467 g/mol. The summed E-state index contributed by atoms with van der Waals surface area (Å²) in [5.41, 5.74) is 2.39. The first-order chi connectivity index (χ1) is 15.7. The summed E-state index contributed by atoms with van der Waals surface area (Å²) in [6.07, 6.45) is 1.58. The van der Waals surface area contributed by atoms with Crippen molar-refractivity contribution in [2.24, 2.45) is 0 Å². The molecule has 1 fully saturated rings. The third-order valence-corrected chi connectivity index (χ3v) is 6.87. The minimum Gasteiger partial charge on any atom is -0.492 e. The topological polar surface area (TPSA) is 56.6 Å². The van der Waals surface area contributed by atoms with Crippen molar-refractivity contribution in [1.82, 2.24) is 14.5 Å². The Morgan fingerprint density at radius 1 is 1.06 bits per heavy atom. The molecule has 1 aliphatic heterocycles. The number of morpholine rings is 1. The Hall–Kier alpha value is -2.71. The molecule has 0 unspecified atom stereocenters. The van der Waals surface area contributed by atoms with Gasteiger partial charge < -0.3 is 9.47 Å². The maximum Gasteiger partial charge on any atom is 0.275 e. The summed E-state index contributed by atoms with van der Waals surface area (Å²) in [5.74, 6) is 0.783. The molecular formula is C24H22ClN3O3S. The summed E-state index contributed by atoms with van der Waals surface area (Å²) in [6.45, 7) is 4.96. The molecule has 2 aromatic carbocycles. The highest BCUT2D eigenvalue weighted by Gasteiger charge is 2.12. The van der Waals surface area contributed by atoms with E-state index in [1.165, 1.54) is 11.3 Å². The summed E-state index contributed by atoms with van der Waals surface area (Å²) in [6, 6.07) is 17.1. The van der Waals surface area contributed by atoms with Crippen LogP contribution in [0.4, 0.5) is 0 Å². The summed E-state index contributed by atoms with van der Waals surface area (Å²) < 4.78 is 13.4. The van der Waals surface area contributed by atoms with Gasteiger partial charge in [0.2, 0.25) is 0 Å². The minimum atomic E-state index is -0.0822. The van der Waals surface area contributed by atoms with Gasteiger partial charge in [-0.1, -0.05) is 23.7 Å². The molecule has 6 nitrogen and oxygen atoms in total. The Morgan fingerprint density at radius 3 is 2.56 bits per heavy atom. The minimum absolute atomic E-state index is 0.0822. The van der Waals surface area contributed by atoms with Gasteiger partial charge in [0.25, 0.3) is 5.56 Å². The summed E-state index contributed by atoms with van der Waals surface area (Å²) in [5, 5.41) is 0.684. The number of ether oxygens (including phenoxy) is 2. The number of hydrogen-bond acceptors (Lipinski definition) is 6. The first-order valence-electron chi connectivity index (χ1n) is 10.5. The highest BCUT2D eigenvalue weighted by atomic mass is 35.5. The Labute approximate surface area is 194 Å². The number of fused-ring (bicyclic) bond motifs is 1. The van der Waals surface area contributed by atoms with Crippen LogP contribution in [0.3, 0.4) is 0 Å². The fraction of sp³-hybridized carbons (Fsp3) is 0.250. The second-order valence-electron chi connectivity index (χ2n) is 7.55. The Balaban J connectivity index is 1.32. The zero-order valence-electron chi connectivity index (χ0n) is 17.4. The van der Waals surface area contributed by atoms with Crippen molar-refractivity contribution in [2.75, 3.05) is 39.5 Å². The molecule has 5 rings (SSSR count). The predicted molar refractivity (Wildman–Crippen MR) is 128 cm³/mol. The van der Waals surface area contributed by atoms with Gasteiger partial charge in [0.1, 0.15) is 23.4 Å². The lowest BCUT2D eigenvalue weighted by Gasteiger charge is -2.26. The van der Waals surface area contributed by atoms with Gasteiger partial charge in [-0.2, -0.15) is 0 Å². The summed E-state index contributed by atoms with van der Waals surface area (Å²) in [4.78, 5) is 21.0. The van der Waals surface area contributed by atoms with Crippen molar-refractivity contribution in [3.05, 3.63) is 76.3 Å². The molecule has 0 bridgehead atoms. The van der Waals surface area contributed by atoms with E-state index in [1.807, 2.05) is 54.6 Å². The second-order valence-corrected chi connectivity index (χ2v) is 9.04. The fourth-order valence-electron chi connectivity index (χ4n) is 3.67. The first kappa shape index (κ1) is 21.2. The Bertz CT molecular complexity index is 1260. The van der Waals surface area contributed by atoms with E-state index in [0.717, 1.165) is 54.7 Å². The Kier molecular flexibility index (Phi) is 6.23. The van der Waals surface area contributed by atoms with E-state index in [-0.39, 0.29) is 5.56 Å². The molecule has 8 heteroatoms. The van der Waals surface area contributed by atoms with Gasteiger partial charge in [0.05, 0.1) is 24.4 Å². The summed E-state index contributed by atoms with van der Waals surface area (Å²) >= 11 is 7.43. The van der Waals surface area contributed by atoms with Crippen LogP contribution in [0.5, 0.6) is 5.75 Å². The number of benzene rings is 2. The van der Waals surface area contributed by atoms with Crippen LogP contribution in [-0.2, 0) is 4.74 Å². The normalized spacial score (nSPS) is 14.7. The van der Waals surface area contributed by atoms with Crippen molar-refractivity contribution in [2.45, 2.75) is 0 Å². The molecule has 0 amide bonds. The third kappa shape index (κ3) is 4.56. The molecule has 0 spiro atoms. The molecule has 3 heterocycles. The third-order valence-electron chi connectivity index (χ3n) is 5.46. The molecule has 0 atom stereocenters. The zero-order valence-corrected chi connectivity index (χ0v) is 18.9. The van der Waals surface area contributed by atoms with E-state index in [0.29, 0.717) is 21.8 Å². The molecule has 0 aliphatic carbocycles. The van der Waals surface area contributed by atoms with Crippen molar-refractivity contribution in [3.8, 4) is 21.9 Å². The number of hydrogen-bond donors (Lipinski definition) is 0. The highest BCUT2D eigenvalue weighted by molar-refractivity contribution is 7.22. The van der Waals surface area contributed by atoms with E-state index >= 15 is 0 Å². The number of rotatable bonds is 6. The number of thiophene rings is 1. The zero-order chi connectivity index (χ0) is 21.9. The number of nitrogens with zero attached hydrogens (tertiary/aromatic N) is 3. The lowest BCUT2D eigenvalue weighted by Crippen LogP contribution is -2.38.